The highest BCUT2D eigenvalue weighted by atomic mass is 35.5. The normalized spacial score (nSPS) is 10.8. The fourth-order valence-electron chi connectivity index (χ4n) is 1.86. The number of carbonyl (C=O) groups is 1. The first kappa shape index (κ1) is 14.0. The maximum atomic E-state index is 11.7. The highest BCUT2D eigenvalue weighted by Gasteiger charge is 2.12. The quantitative estimate of drug-likeness (QED) is 0.679. The lowest BCUT2D eigenvalue weighted by atomic mass is 10.2. The van der Waals surface area contributed by atoms with E-state index in [2.05, 4.69) is 9.97 Å². The van der Waals surface area contributed by atoms with Crippen molar-refractivity contribution in [2.45, 2.75) is 6.92 Å². The van der Waals surface area contributed by atoms with Gasteiger partial charge in [0.25, 0.3) is 0 Å². The lowest BCUT2D eigenvalue weighted by molar-refractivity contribution is 0.0520. The van der Waals surface area contributed by atoms with Gasteiger partial charge in [-0.1, -0.05) is 23.7 Å². The van der Waals surface area contributed by atoms with Gasteiger partial charge in [0.2, 0.25) is 0 Å². The molecule has 0 atom stereocenters. The van der Waals surface area contributed by atoms with E-state index in [1.807, 2.05) is 24.3 Å². The van der Waals surface area contributed by atoms with Crippen molar-refractivity contribution in [3.05, 3.63) is 47.2 Å². The Labute approximate surface area is 130 Å². The number of hydrogen-bond donors (Lipinski definition) is 0. The molecule has 0 aliphatic rings. The van der Waals surface area contributed by atoms with Crippen molar-refractivity contribution in [3.8, 4) is 10.6 Å². The molecule has 4 nitrogen and oxygen atoms in total. The predicted octanol–water partition coefficient (Wildman–Crippen LogP) is 4.19. The average molecular weight is 319 g/mol. The molecular weight excluding hydrogens is 308 g/mol. The molecule has 2 aromatic heterocycles. The number of thiazole rings is 1. The largest absolute Gasteiger partial charge is 0.461 e. The van der Waals surface area contributed by atoms with Gasteiger partial charge in [-0.15, -0.1) is 11.3 Å². The third-order valence-electron chi connectivity index (χ3n) is 2.85. The van der Waals surface area contributed by atoms with Crippen LogP contribution in [0.1, 0.15) is 17.4 Å². The number of nitrogens with zero attached hydrogens (tertiary/aromatic N) is 2. The molecule has 0 bridgehead atoms. The van der Waals surface area contributed by atoms with Crippen LogP contribution in [0.3, 0.4) is 0 Å². The first-order valence-corrected chi connectivity index (χ1v) is 7.56. The van der Waals surface area contributed by atoms with Crippen molar-refractivity contribution in [1.29, 1.82) is 0 Å². The zero-order chi connectivity index (χ0) is 14.8. The SMILES string of the molecule is CCOC(=O)c1cc2sc(-c3ccc(Cl)cc3)nc2cn1. The fourth-order valence-corrected chi connectivity index (χ4v) is 2.97. The van der Waals surface area contributed by atoms with Gasteiger partial charge < -0.3 is 4.74 Å². The van der Waals surface area contributed by atoms with Gasteiger partial charge in [0.15, 0.2) is 0 Å². The molecule has 3 aromatic rings. The van der Waals surface area contributed by atoms with E-state index in [4.69, 9.17) is 16.3 Å². The Morgan fingerprint density at radius 1 is 1.33 bits per heavy atom. The number of pyridine rings is 1. The summed E-state index contributed by atoms with van der Waals surface area (Å²) < 4.78 is 5.85. The number of carbonyl (C=O) groups excluding carboxylic acids is 1. The summed E-state index contributed by atoms with van der Waals surface area (Å²) in [7, 11) is 0. The summed E-state index contributed by atoms with van der Waals surface area (Å²) in [6.45, 7) is 2.10. The maximum Gasteiger partial charge on any atom is 0.356 e. The molecule has 2 heterocycles. The molecule has 3 rings (SSSR count). The average Bonchev–Trinajstić information content (AvgIpc) is 2.91. The molecule has 0 N–H and O–H groups in total. The first-order valence-electron chi connectivity index (χ1n) is 6.37. The summed E-state index contributed by atoms with van der Waals surface area (Å²) in [6, 6.07) is 9.19. The molecule has 0 fully saturated rings. The monoisotopic (exact) mass is 318 g/mol. The van der Waals surface area contributed by atoms with Gasteiger partial charge in [0.05, 0.1) is 17.5 Å². The van der Waals surface area contributed by atoms with Gasteiger partial charge >= 0.3 is 5.97 Å². The van der Waals surface area contributed by atoms with Crippen LogP contribution in [0.2, 0.25) is 5.02 Å². The van der Waals surface area contributed by atoms with Crippen LogP contribution in [0, 0.1) is 0 Å². The second kappa shape index (κ2) is 5.79. The summed E-state index contributed by atoms with van der Waals surface area (Å²) in [4.78, 5) is 20.3. The topological polar surface area (TPSA) is 52.1 Å². The minimum atomic E-state index is -0.416. The van der Waals surface area contributed by atoms with Crippen LogP contribution in [0.25, 0.3) is 20.8 Å². The Morgan fingerprint density at radius 2 is 2.10 bits per heavy atom. The molecule has 1 aromatic carbocycles. The molecule has 0 aliphatic heterocycles. The Hall–Kier alpha value is -1.98. The summed E-state index contributed by atoms with van der Waals surface area (Å²) in [5.41, 5.74) is 2.05. The van der Waals surface area contributed by atoms with Crippen LogP contribution < -0.4 is 0 Å². The van der Waals surface area contributed by atoms with Gasteiger partial charge in [-0.3, -0.25) is 0 Å². The lowest BCUT2D eigenvalue weighted by Crippen LogP contribution is -2.06. The number of esters is 1. The second-order valence-corrected chi connectivity index (χ2v) is 5.75. The number of rotatable bonds is 3. The Kier molecular flexibility index (Phi) is 3.86. The van der Waals surface area contributed by atoms with Crippen molar-refractivity contribution < 1.29 is 9.53 Å². The van der Waals surface area contributed by atoms with E-state index in [-0.39, 0.29) is 0 Å². The number of benzene rings is 1. The number of aromatic nitrogens is 2. The molecule has 0 saturated heterocycles. The van der Waals surface area contributed by atoms with Crippen molar-refractivity contribution in [3.63, 3.8) is 0 Å². The molecule has 0 spiro atoms. The molecule has 0 aliphatic carbocycles. The molecule has 6 heteroatoms. The predicted molar refractivity (Wildman–Crippen MR) is 83.8 cm³/mol. The van der Waals surface area contributed by atoms with Crippen molar-refractivity contribution in [2.75, 3.05) is 6.61 Å². The smallest absolute Gasteiger partial charge is 0.356 e. The van der Waals surface area contributed by atoms with Gasteiger partial charge in [-0.25, -0.2) is 14.8 Å². The van der Waals surface area contributed by atoms with Crippen LogP contribution in [0.15, 0.2) is 36.5 Å². The minimum absolute atomic E-state index is 0.302. The molecule has 0 radical (unpaired) electrons. The number of fused-ring (bicyclic) bond motifs is 1. The van der Waals surface area contributed by atoms with Crippen LogP contribution in [-0.4, -0.2) is 22.5 Å². The van der Waals surface area contributed by atoms with E-state index in [0.717, 1.165) is 20.8 Å². The first-order chi connectivity index (χ1) is 10.2. The second-order valence-electron chi connectivity index (χ2n) is 4.28. The molecule has 21 heavy (non-hydrogen) atoms. The van der Waals surface area contributed by atoms with Crippen LogP contribution in [0.4, 0.5) is 0 Å². The van der Waals surface area contributed by atoms with E-state index < -0.39 is 5.97 Å². The van der Waals surface area contributed by atoms with Gasteiger partial charge in [-0.2, -0.15) is 0 Å². The molecule has 0 unspecified atom stereocenters. The third kappa shape index (κ3) is 2.89. The number of halogens is 1. The lowest BCUT2D eigenvalue weighted by Gasteiger charge is -1.99. The summed E-state index contributed by atoms with van der Waals surface area (Å²) >= 11 is 7.39. The van der Waals surface area contributed by atoms with Crippen LogP contribution in [-0.2, 0) is 4.74 Å². The van der Waals surface area contributed by atoms with Crippen molar-refractivity contribution in [1.82, 2.24) is 9.97 Å². The van der Waals surface area contributed by atoms with E-state index >= 15 is 0 Å². The number of hydrogen-bond acceptors (Lipinski definition) is 5. The van der Waals surface area contributed by atoms with E-state index in [1.165, 1.54) is 11.3 Å². The summed E-state index contributed by atoms with van der Waals surface area (Å²) in [6.07, 6.45) is 1.59. The summed E-state index contributed by atoms with van der Waals surface area (Å²) in [5, 5.41) is 1.55. The van der Waals surface area contributed by atoms with E-state index in [1.54, 1.807) is 19.2 Å². The van der Waals surface area contributed by atoms with Crippen LogP contribution >= 0.6 is 22.9 Å². The Bertz CT molecular complexity index is 799. The molecule has 0 saturated carbocycles. The Balaban J connectivity index is 2.00. The van der Waals surface area contributed by atoms with Gasteiger partial charge in [0.1, 0.15) is 16.2 Å². The molecular formula is C15H11ClN2O2S. The highest BCUT2D eigenvalue weighted by Crippen LogP contribution is 2.30. The third-order valence-corrected chi connectivity index (χ3v) is 4.17. The minimum Gasteiger partial charge on any atom is -0.461 e. The summed E-state index contributed by atoms with van der Waals surface area (Å²) in [5.74, 6) is -0.416. The zero-order valence-electron chi connectivity index (χ0n) is 11.2. The van der Waals surface area contributed by atoms with E-state index in [9.17, 15) is 4.79 Å². The maximum absolute atomic E-state index is 11.7. The standard InChI is InChI=1S/C15H11ClN2O2S/c1-2-20-15(19)11-7-13-12(8-17-11)18-14(21-13)9-3-5-10(16)6-4-9/h3-8H,2H2,1H3. The van der Waals surface area contributed by atoms with Crippen molar-refractivity contribution in [2.24, 2.45) is 0 Å². The molecule has 106 valence electrons. The number of ether oxygens (including phenoxy) is 1. The van der Waals surface area contributed by atoms with Crippen molar-refractivity contribution >= 4 is 39.1 Å². The van der Waals surface area contributed by atoms with Crippen LogP contribution in [0.5, 0.6) is 0 Å². The van der Waals surface area contributed by atoms with Gasteiger partial charge in [-0.05, 0) is 25.1 Å². The fraction of sp³-hybridized carbons (Fsp3) is 0.133. The Morgan fingerprint density at radius 3 is 2.81 bits per heavy atom. The zero-order valence-corrected chi connectivity index (χ0v) is 12.7. The molecule has 0 amide bonds. The highest BCUT2D eigenvalue weighted by molar-refractivity contribution is 7.21. The van der Waals surface area contributed by atoms with Gasteiger partial charge in [0, 0.05) is 10.6 Å². The van der Waals surface area contributed by atoms with E-state index in [0.29, 0.717) is 17.3 Å².